The molecule has 0 saturated heterocycles. The third kappa shape index (κ3) is 8.68. The van der Waals surface area contributed by atoms with Gasteiger partial charge in [0.1, 0.15) is 11.9 Å². The fourth-order valence-electron chi connectivity index (χ4n) is 3.63. The van der Waals surface area contributed by atoms with E-state index >= 15 is 0 Å². The van der Waals surface area contributed by atoms with E-state index in [1.54, 1.807) is 0 Å². The van der Waals surface area contributed by atoms with Crippen LogP contribution in [0.3, 0.4) is 0 Å². The highest BCUT2D eigenvalue weighted by Crippen LogP contribution is 2.39. The van der Waals surface area contributed by atoms with Gasteiger partial charge in [-0.05, 0) is 50.7 Å². The summed E-state index contributed by atoms with van der Waals surface area (Å²) in [4.78, 5) is 4.83. The molecule has 0 heterocycles. The second-order valence-electron chi connectivity index (χ2n) is 7.35. The number of hydrogen-bond donors (Lipinski definition) is 3. The zero-order chi connectivity index (χ0) is 18.7. The summed E-state index contributed by atoms with van der Waals surface area (Å²) in [5.74, 6) is 1.71. The average molecular weight is 489 g/mol. The highest BCUT2D eigenvalue weighted by atomic mass is 127. The fraction of sp³-hybridized carbons (Fsp3) is 0.667. The summed E-state index contributed by atoms with van der Waals surface area (Å²) in [6.07, 6.45) is 7.05. The Labute approximate surface area is 181 Å². The van der Waals surface area contributed by atoms with Crippen molar-refractivity contribution in [2.24, 2.45) is 10.4 Å². The zero-order valence-electron chi connectivity index (χ0n) is 16.7. The second kappa shape index (κ2) is 13.2. The number of benzene rings is 1. The third-order valence-electron chi connectivity index (χ3n) is 5.11. The van der Waals surface area contributed by atoms with Gasteiger partial charge in [-0.25, -0.2) is 0 Å². The normalized spacial score (nSPS) is 17.5. The molecule has 0 radical (unpaired) electrons. The number of aliphatic imine (C=N–C) groups is 1. The van der Waals surface area contributed by atoms with Gasteiger partial charge in [-0.3, -0.25) is 4.99 Å². The van der Waals surface area contributed by atoms with Crippen LogP contribution in [-0.2, 0) is 0 Å². The van der Waals surface area contributed by atoms with Gasteiger partial charge in [-0.1, -0.05) is 37.5 Å². The lowest BCUT2D eigenvalue weighted by molar-refractivity contribution is 0.137. The van der Waals surface area contributed by atoms with Crippen LogP contribution in [0.4, 0.5) is 0 Å². The number of para-hydroxylation sites is 1. The van der Waals surface area contributed by atoms with Crippen molar-refractivity contribution in [3.05, 3.63) is 30.3 Å². The summed E-state index contributed by atoms with van der Waals surface area (Å²) < 4.78 is 5.92. The van der Waals surface area contributed by atoms with Crippen molar-refractivity contribution >= 4 is 29.9 Å². The lowest BCUT2D eigenvalue weighted by Crippen LogP contribution is -2.42. The molecule has 1 aromatic rings. The second-order valence-corrected chi connectivity index (χ2v) is 7.35. The minimum Gasteiger partial charge on any atom is -0.489 e. The summed E-state index contributed by atoms with van der Waals surface area (Å²) in [6, 6.07) is 9.88. The number of aliphatic hydroxyl groups is 1. The molecule has 154 valence electrons. The number of nitrogens with zero attached hydrogens (tertiary/aromatic N) is 1. The van der Waals surface area contributed by atoms with Gasteiger partial charge in [0.25, 0.3) is 0 Å². The first-order valence-corrected chi connectivity index (χ1v) is 10.0. The van der Waals surface area contributed by atoms with Gasteiger partial charge < -0.3 is 20.5 Å². The Kier molecular flexibility index (Phi) is 11.7. The topological polar surface area (TPSA) is 65.9 Å². The summed E-state index contributed by atoms with van der Waals surface area (Å²) in [5, 5.41) is 16.2. The van der Waals surface area contributed by atoms with Gasteiger partial charge in [0.15, 0.2) is 5.96 Å². The molecule has 0 aliphatic heterocycles. The van der Waals surface area contributed by atoms with Crippen molar-refractivity contribution in [2.75, 3.05) is 26.2 Å². The Morgan fingerprint density at radius 3 is 2.52 bits per heavy atom. The molecule has 0 spiro atoms. The molecule has 1 fully saturated rings. The molecule has 2 rings (SSSR count). The van der Waals surface area contributed by atoms with Crippen LogP contribution in [0.2, 0.25) is 0 Å². The van der Waals surface area contributed by atoms with E-state index in [2.05, 4.69) is 24.5 Å². The summed E-state index contributed by atoms with van der Waals surface area (Å²) in [5.41, 5.74) is 0.168. The fourth-order valence-corrected chi connectivity index (χ4v) is 3.63. The molecule has 0 amide bonds. The third-order valence-corrected chi connectivity index (χ3v) is 5.11. The highest BCUT2D eigenvalue weighted by molar-refractivity contribution is 14.0. The van der Waals surface area contributed by atoms with Crippen LogP contribution in [0.5, 0.6) is 5.75 Å². The highest BCUT2D eigenvalue weighted by Gasteiger charge is 2.31. The van der Waals surface area contributed by atoms with Crippen LogP contribution in [0.25, 0.3) is 0 Å². The van der Waals surface area contributed by atoms with Crippen LogP contribution >= 0.6 is 24.0 Å². The van der Waals surface area contributed by atoms with Crippen LogP contribution in [0.15, 0.2) is 35.3 Å². The number of ether oxygens (including phenoxy) is 1. The molecule has 1 aliphatic carbocycles. The lowest BCUT2D eigenvalue weighted by Gasteiger charge is -2.35. The molecule has 3 N–H and O–H groups in total. The minimum atomic E-state index is 0. The Morgan fingerprint density at radius 1 is 1.19 bits per heavy atom. The van der Waals surface area contributed by atoms with Gasteiger partial charge in [0, 0.05) is 19.7 Å². The molecule has 1 unspecified atom stereocenters. The Hall–Kier alpha value is -1.02. The summed E-state index contributed by atoms with van der Waals surface area (Å²) in [6.45, 7) is 6.67. The maximum absolute atomic E-state index is 9.47. The number of aliphatic hydroxyl groups excluding tert-OH is 1. The number of rotatable bonds is 9. The maximum atomic E-state index is 9.47. The predicted octanol–water partition coefficient (Wildman–Crippen LogP) is 3.96. The van der Waals surface area contributed by atoms with E-state index in [-0.39, 0.29) is 42.1 Å². The number of halogens is 1. The number of nitrogens with one attached hydrogen (secondary N) is 2. The molecule has 6 heteroatoms. The Morgan fingerprint density at radius 2 is 1.89 bits per heavy atom. The average Bonchev–Trinajstić information content (AvgIpc) is 2.66. The smallest absolute Gasteiger partial charge is 0.191 e. The Balaban J connectivity index is 0.00000364. The molecular formula is C21H36IN3O2. The molecule has 5 nitrogen and oxygen atoms in total. The van der Waals surface area contributed by atoms with Gasteiger partial charge in [0.05, 0.1) is 6.54 Å². The van der Waals surface area contributed by atoms with Crippen molar-refractivity contribution in [3.63, 3.8) is 0 Å². The quantitative estimate of drug-likeness (QED) is 0.279. The van der Waals surface area contributed by atoms with Gasteiger partial charge >= 0.3 is 0 Å². The molecule has 0 bridgehead atoms. The standard InChI is InChI=1S/C21H35N3O2.HI/c1-3-22-20(23-16-18(2)26-19-10-6-4-7-11-19)24-17-21(14-15-25)12-8-5-9-13-21;/h4,6-7,10-11,18,25H,3,5,8-9,12-17H2,1-2H3,(H2,22,23,24);1H. The zero-order valence-corrected chi connectivity index (χ0v) is 19.1. The summed E-state index contributed by atoms with van der Waals surface area (Å²) >= 11 is 0. The van der Waals surface area contributed by atoms with E-state index in [4.69, 9.17) is 9.73 Å². The van der Waals surface area contributed by atoms with Crippen LogP contribution < -0.4 is 15.4 Å². The van der Waals surface area contributed by atoms with Crippen molar-refractivity contribution in [1.29, 1.82) is 0 Å². The van der Waals surface area contributed by atoms with E-state index < -0.39 is 0 Å². The molecule has 27 heavy (non-hydrogen) atoms. The lowest BCUT2D eigenvalue weighted by atomic mass is 9.72. The van der Waals surface area contributed by atoms with Crippen molar-refractivity contribution in [2.45, 2.75) is 58.5 Å². The first-order valence-electron chi connectivity index (χ1n) is 10.0. The number of guanidine groups is 1. The van der Waals surface area contributed by atoms with Crippen molar-refractivity contribution in [1.82, 2.24) is 10.6 Å². The first kappa shape index (κ1) is 24.0. The largest absolute Gasteiger partial charge is 0.489 e. The molecule has 1 aromatic carbocycles. The molecule has 1 atom stereocenters. The van der Waals surface area contributed by atoms with E-state index in [1.807, 2.05) is 30.3 Å². The molecule has 1 aliphatic rings. The molecule has 0 aromatic heterocycles. The molecular weight excluding hydrogens is 453 g/mol. The van der Waals surface area contributed by atoms with Gasteiger partial charge in [-0.15, -0.1) is 24.0 Å². The summed E-state index contributed by atoms with van der Waals surface area (Å²) in [7, 11) is 0. The Bertz CT molecular complexity index is 528. The van der Waals surface area contributed by atoms with Gasteiger partial charge in [-0.2, -0.15) is 0 Å². The molecule has 1 saturated carbocycles. The number of hydrogen-bond acceptors (Lipinski definition) is 3. The first-order chi connectivity index (χ1) is 12.7. The van der Waals surface area contributed by atoms with Crippen LogP contribution in [0, 0.1) is 5.41 Å². The van der Waals surface area contributed by atoms with E-state index in [0.717, 1.165) is 31.2 Å². The maximum Gasteiger partial charge on any atom is 0.191 e. The van der Waals surface area contributed by atoms with E-state index in [0.29, 0.717) is 6.54 Å². The van der Waals surface area contributed by atoms with E-state index in [9.17, 15) is 5.11 Å². The van der Waals surface area contributed by atoms with Gasteiger partial charge in [0.2, 0.25) is 0 Å². The van der Waals surface area contributed by atoms with Crippen molar-refractivity contribution in [3.8, 4) is 5.75 Å². The monoisotopic (exact) mass is 489 g/mol. The van der Waals surface area contributed by atoms with E-state index in [1.165, 1.54) is 32.1 Å². The van der Waals surface area contributed by atoms with Crippen LogP contribution in [0.1, 0.15) is 52.4 Å². The SMILES string of the molecule is CCNC(=NCC1(CCO)CCCCC1)NCC(C)Oc1ccccc1.I. The minimum absolute atomic E-state index is 0. The predicted molar refractivity (Wildman–Crippen MR) is 123 cm³/mol. The van der Waals surface area contributed by atoms with Crippen LogP contribution in [-0.4, -0.2) is 43.4 Å². The van der Waals surface area contributed by atoms with Crippen molar-refractivity contribution < 1.29 is 9.84 Å².